The van der Waals surface area contributed by atoms with Crippen molar-refractivity contribution in [1.82, 2.24) is 0 Å². The van der Waals surface area contributed by atoms with Crippen LogP contribution in [0.5, 0.6) is 0 Å². The Kier molecular flexibility index (Phi) is 6.53. The fraction of sp³-hybridized carbons (Fsp3) is 0.880. The Morgan fingerprint density at radius 2 is 1.61 bits per heavy atom. The topological polar surface area (TPSA) is 78.9 Å². The normalized spacial score (nSPS) is 41.0. The van der Waals surface area contributed by atoms with E-state index in [2.05, 4.69) is 6.92 Å². The standard InChI is InChI=1S/C25H36Cl2O6/c1-5-25(27,14-23(3,26)20(29)32-22(2)6-7-31-19(28)13-22)21(30)33-24(4)17-9-15-8-16(11-17)12-18(24)10-15/h15-18H,5-14H2,1-4H3. The number of carbonyl (C=O) groups excluding carboxylic acids is 3. The minimum absolute atomic E-state index is 0.0311. The van der Waals surface area contributed by atoms with Crippen molar-refractivity contribution >= 4 is 41.1 Å². The number of ether oxygens (including phenoxy) is 3. The van der Waals surface area contributed by atoms with Crippen LogP contribution >= 0.6 is 23.2 Å². The van der Waals surface area contributed by atoms with Gasteiger partial charge in [0.2, 0.25) is 0 Å². The van der Waals surface area contributed by atoms with Crippen LogP contribution in [0.15, 0.2) is 0 Å². The first kappa shape index (κ1) is 25.1. The largest absolute Gasteiger partial charge is 0.465 e. The number of alkyl halides is 2. The Balaban J connectivity index is 1.44. The van der Waals surface area contributed by atoms with Crippen molar-refractivity contribution in [3.05, 3.63) is 0 Å². The maximum atomic E-state index is 13.5. The molecule has 0 N–H and O–H groups in total. The number of cyclic esters (lactones) is 1. The quantitative estimate of drug-likeness (QED) is 0.271. The maximum absolute atomic E-state index is 13.5. The number of rotatable bonds is 7. The average Bonchev–Trinajstić information content (AvgIpc) is 2.70. The van der Waals surface area contributed by atoms with Crippen molar-refractivity contribution in [2.45, 2.75) is 106 Å². The van der Waals surface area contributed by atoms with Gasteiger partial charge in [0.15, 0.2) is 0 Å². The minimum atomic E-state index is -1.55. The number of hydrogen-bond donors (Lipinski definition) is 0. The summed E-state index contributed by atoms with van der Waals surface area (Å²) < 4.78 is 16.8. The van der Waals surface area contributed by atoms with E-state index in [0.29, 0.717) is 18.3 Å². The molecule has 0 spiro atoms. The molecule has 1 aliphatic heterocycles. The maximum Gasteiger partial charge on any atom is 0.327 e. The van der Waals surface area contributed by atoms with Gasteiger partial charge in [-0.2, -0.15) is 0 Å². The molecular weight excluding hydrogens is 467 g/mol. The third kappa shape index (κ3) is 4.76. The fourth-order valence-corrected chi connectivity index (χ4v) is 7.40. The monoisotopic (exact) mass is 502 g/mol. The van der Waals surface area contributed by atoms with Gasteiger partial charge in [-0.1, -0.05) is 6.92 Å². The van der Waals surface area contributed by atoms with E-state index < -0.39 is 38.9 Å². The van der Waals surface area contributed by atoms with E-state index in [1.54, 1.807) is 13.8 Å². The van der Waals surface area contributed by atoms with E-state index in [1.807, 2.05) is 0 Å². The average molecular weight is 503 g/mol. The highest BCUT2D eigenvalue weighted by Gasteiger charge is 2.59. The molecule has 0 amide bonds. The molecule has 6 nitrogen and oxygen atoms in total. The molecule has 33 heavy (non-hydrogen) atoms. The van der Waals surface area contributed by atoms with Gasteiger partial charge in [-0.05, 0) is 83.0 Å². The summed E-state index contributed by atoms with van der Waals surface area (Å²) in [5, 5.41) is 0. The molecule has 1 saturated heterocycles. The number of esters is 3. The van der Waals surface area contributed by atoms with Crippen LogP contribution in [0.2, 0.25) is 0 Å². The van der Waals surface area contributed by atoms with E-state index in [0.717, 1.165) is 37.5 Å². The summed E-state index contributed by atoms with van der Waals surface area (Å²) in [6, 6.07) is 0. The predicted molar refractivity (Wildman–Crippen MR) is 124 cm³/mol. The van der Waals surface area contributed by atoms with Crippen molar-refractivity contribution in [1.29, 1.82) is 0 Å². The number of hydrogen-bond acceptors (Lipinski definition) is 6. The van der Waals surface area contributed by atoms with Gasteiger partial charge in [0.1, 0.15) is 21.0 Å². The zero-order valence-corrected chi connectivity index (χ0v) is 21.6. The molecule has 0 aromatic carbocycles. The Morgan fingerprint density at radius 1 is 1.03 bits per heavy atom. The third-order valence-corrected chi connectivity index (χ3v) is 9.63. The Morgan fingerprint density at radius 3 is 2.12 bits per heavy atom. The van der Waals surface area contributed by atoms with Crippen LogP contribution in [-0.2, 0) is 28.6 Å². The van der Waals surface area contributed by atoms with Crippen LogP contribution in [0.4, 0.5) is 0 Å². The van der Waals surface area contributed by atoms with Gasteiger partial charge in [0, 0.05) is 12.8 Å². The molecule has 0 aromatic heterocycles. The molecule has 0 radical (unpaired) electrons. The highest BCUT2D eigenvalue weighted by Crippen LogP contribution is 2.59. The van der Waals surface area contributed by atoms with Crippen molar-refractivity contribution < 1.29 is 28.6 Å². The van der Waals surface area contributed by atoms with Crippen LogP contribution in [0.3, 0.4) is 0 Å². The summed E-state index contributed by atoms with van der Waals surface area (Å²) in [7, 11) is 0. The zero-order valence-electron chi connectivity index (χ0n) is 20.1. The zero-order chi connectivity index (χ0) is 24.2. The van der Waals surface area contributed by atoms with Crippen LogP contribution in [-0.4, -0.2) is 45.5 Å². The van der Waals surface area contributed by atoms with E-state index >= 15 is 0 Å². The van der Waals surface area contributed by atoms with Crippen LogP contribution in [0.25, 0.3) is 0 Å². The van der Waals surface area contributed by atoms with Crippen molar-refractivity contribution in [3.8, 4) is 0 Å². The van der Waals surface area contributed by atoms with Gasteiger partial charge in [-0.25, -0.2) is 0 Å². The van der Waals surface area contributed by atoms with E-state index in [1.165, 1.54) is 13.3 Å². The Bertz CT molecular complexity index is 798. The summed E-state index contributed by atoms with van der Waals surface area (Å²) >= 11 is 13.5. The molecule has 4 bridgehead atoms. The van der Waals surface area contributed by atoms with Crippen LogP contribution in [0.1, 0.15) is 85.5 Å². The SMILES string of the molecule is CCC(Cl)(CC(C)(Cl)C(=O)OC1(C)CCOC(=O)C1)C(=O)OC1(C)C2CC3CC(C2)CC1C3. The van der Waals surface area contributed by atoms with Gasteiger partial charge in [0.25, 0.3) is 0 Å². The second-order valence-corrected chi connectivity index (χ2v) is 13.1. The molecule has 0 aromatic rings. The predicted octanol–water partition coefficient (Wildman–Crippen LogP) is 5.16. The smallest absolute Gasteiger partial charge is 0.327 e. The minimum Gasteiger partial charge on any atom is -0.465 e. The molecule has 3 atom stereocenters. The number of halogens is 2. The van der Waals surface area contributed by atoms with Crippen molar-refractivity contribution in [2.24, 2.45) is 23.7 Å². The molecule has 186 valence electrons. The second-order valence-electron chi connectivity index (χ2n) is 11.6. The van der Waals surface area contributed by atoms with Gasteiger partial charge in [-0.15, -0.1) is 23.2 Å². The molecule has 3 unspecified atom stereocenters. The molecule has 4 aliphatic carbocycles. The van der Waals surface area contributed by atoms with E-state index in [-0.39, 0.29) is 25.9 Å². The molecule has 5 fully saturated rings. The molecule has 5 aliphatic rings. The summed E-state index contributed by atoms with van der Waals surface area (Å²) in [4.78, 5) is 35.1. The lowest BCUT2D eigenvalue weighted by atomic mass is 9.50. The molecule has 8 heteroatoms. The first-order valence-electron chi connectivity index (χ1n) is 12.3. The van der Waals surface area contributed by atoms with Crippen LogP contribution in [0, 0.1) is 23.7 Å². The number of carbonyl (C=O) groups is 3. The van der Waals surface area contributed by atoms with Gasteiger partial charge in [-0.3, -0.25) is 14.4 Å². The van der Waals surface area contributed by atoms with E-state index in [9.17, 15) is 14.4 Å². The van der Waals surface area contributed by atoms with Gasteiger partial charge < -0.3 is 14.2 Å². The first-order chi connectivity index (χ1) is 15.3. The summed E-state index contributed by atoms with van der Waals surface area (Å²) in [6.45, 7) is 7.25. The summed E-state index contributed by atoms with van der Waals surface area (Å²) in [5.41, 5.74) is -1.50. The molecule has 1 heterocycles. The highest BCUT2D eigenvalue weighted by atomic mass is 35.5. The second kappa shape index (κ2) is 8.58. The molecular formula is C25H36Cl2O6. The van der Waals surface area contributed by atoms with Crippen molar-refractivity contribution in [3.63, 3.8) is 0 Å². The van der Waals surface area contributed by atoms with Crippen molar-refractivity contribution in [2.75, 3.05) is 6.61 Å². The lowest BCUT2D eigenvalue weighted by molar-refractivity contribution is -0.206. The van der Waals surface area contributed by atoms with Gasteiger partial charge >= 0.3 is 17.9 Å². The fourth-order valence-electron chi connectivity index (χ4n) is 6.76. The summed E-state index contributed by atoms with van der Waals surface area (Å²) in [6.07, 6.45) is 6.25. The van der Waals surface area contributed by atoms with E-state index in [4.69, 9.17) is 37.4 Å². The van der Waals surface area contributed by atoms with Crippen LogP contribution < -0.4 is 0 Å². The first-order valence-corrected chi connectivity index (χ1v) is 13.0. The molecule has 5 rings (SSSR count). The molecule has 4 saturated carbocycles. The third-order valence-electron chi connectivity index (χ3n) is 8.79. The summed E-state index contributed by atoms with van der Waals surface area (Å²) in [5.74, 6) is 0.626. The lowest BCUT2D eigenvalue weighted by Gasteiger charge is -2.59. The highest BCUT2D eigenvalue weighted by molar-refractivity contribution is 6.38. The van der Waals surface area contributed by atoms with Gasteiger partial charge in [0.05, 0.1) is 13.0 Å². The lowest BCUT2D eigenvalue weighted by Crippen LogP contribution is -2.59. The Labute approximate surface area is 206 Å². The Hall–Kier alpha value is -1.01.